The zero-order chi connectivity index (χ0) is 27.9. The maximum Gasteiger partial charge on any atom is 0.243 e. The van der Waals surface area contributed by atoms with Crippen molar-refractivity contribution in [2.24, 2.45) is 0 Å². The fourth-order valence-corrected chi connectivity index (χ4v) is 5.89. The van der Waals surface area contributed by atoms with Gasteiger partial charge in [-0.25, -0.2) is 0 Å². The van der Waals surface area contributed by atoms with Gasteiger partial charge >= 0.3 is 0 Å². The van der Waals surface area contributed by atoms with E-state index in [1.54, 1.807) is 17.0 Å². The molecule has 2 aliphatic rings. The number of fused-ring (bicyclic) bond motifs is 1. The lowest BCUT2D eigenvalue weighted by Gasteiger charge is -2.34. The molecule has 0 bridgehead atoms. The number of halogens is 2. The maximum absolute atomic E-state index is 14.0. The summed E-state index contributed by atoms with van der Waals surface area (Å²) in [4.78, 5) is 29.6. The summed E-state index contributed by atoms with van der Waals surface area (Å²) in [5, 5.41) is 4.25. The SMILES string of the molecule is O=C(NC1CCCCC1)[C@@H](Cc1ccccc1)N(Cc1ccc(Cl)cc1Cl)C(=O)CCc1ccc2c(c1)OCO2. The number of aryl methyl sites for hydroxylation is 1. The first kappa shape index (κ1) is 28.3. The number of nitrogens with zero attached hydrogens (tertiary/aromatic N) is 1. The summed E-state index contributed by atoms with van der Waals surface area (Å²) in [6.07, 6.45) is 6.46. The lowest BCUT2D eigenvalue weighted by atomic mass is 9.94. The number of benzene rings is 3. The summed E-state index contributed by atoms with van der Waals surface area (Å²) in [7, 11) is 0. The van der Waals surface area contributed by atoms with E-state index in [1.165, 1.54) is 6.42 Å². The van der Waals surface area contributed by atoms with Gasteiger partial charge in [0, 0.05) is 35.5 Å². The Bertz CT molecular complexity index is 1330. The number of amides is 2. The molecule has 40 heavy (non-hydrogen) atoms. The normalized spacial score (nSPS) is 15.4. The Morgan fingerprint density at radius 1 is 0.900 bits per heavy atom. The quantitative estimate of drug-likeness (QED) is 0.288. The largest absolute Gasteiger partial charge is 0.454 e. The average molecular weight is 582 g/mol. The number of hydrogen-bond acceptors (Lipinski definition) is 4. The van der Waals surface area contributed by atoms with E-state index in [1.807, 2.05) is 54.6 Å². The molecule has 0 radical (unpaired) electrons. The minimum absolute atomic E-state index is 0.122. The number of hydrogen-bond donors (Lipinski definition) is 1. The highest BCUT2D eigenvalue weighted by Crippen LogP contribution is 2.33. The van der Waals surface area contributed by atoms with Crippen LogP contribution in [0.1, 0.15) is 55.2 Å². The van der Waals surface area contributed by atoms with E-state index in [0.29, 0.717) is 34.4 Å². The fraction of sp³-hybridized carbons (Fsp3) is 0.375. The molecule has 3 aromatic rings. The number of ether oxygens (including phenoxy) is 2. The third-order valence-electron chi connectivity index (χ3n) is 7.64. The van der Waals surface area contributed by atoms with Crippen molar-refractivity contribution in [3.8, 4) is 11.5 Å². The summed E-state index contributed by atoms with van der Waals surface area (Å²) in [5.41, 5.74) is 2.70. The average Bonchev–Trinajstić information content (AvgIpc) is 3.44. The second-order valence-corrected chi connectivity index (χ2v) is 11.3. The molecule has 1 heterocycles. The lowest BCUT2D eigenvalue weighted by Crippen LogP contribution is -2.53. The third kappa shape index (κ3) is 7.29. The van der Waals surface area contributed by atoms with Gasteiger partial charge in [0.1, 0.15) is 6.04 Å². The van der Waals surface area contributed by atoms with E-state index in [-0.39, 0.29) is 37.6 Å². The van der Waals surface area contributed by atoms with Gasteiger partial charge in [-0.15, -0.1) is 0 Å². The molecule has 2 amide bonds. The Balaban J connectivity index is 1.42. The van der Waals surface area contributed by atoms with E-state index < -0.39 is 6.04 Å². The molecule has 1 saturated carbocycles. The van der Waals surface area contributed by atoms with Crippen molar-refractivity contribution in [2.45, 2.75) is 70.0 Å². The van der Waals surface area contributed by atoms with Gasteiger partial charge in [0.25, 0.3) is 0 Å². The monoisotopic (exact) mass is 580 g/mol. The molecule has 0 aromatic heterocycles. The topological polar surface area (TPSA) is 67.9 Å². The lowest BCUT2D eigenvalue weighted by molar-refractivity contribution is -0.141. The van der Waals surface area contributed by atoms with Crippen LogP contribution in [0.3, 0.4) is 0 Å². The van der Waals surface area contributed by atoms with Gasteiger partial charge in [-0.3, -0.25) is 9.59 Å². The Morgan fingerprint density at radius 3 is 2.45 bits per heavy atom. The van der Waals surface area contributed by atoms with Gasteiger partial charge < -0.3 is 19.7 Å². The van der Waals surface area contributed by atoms with Crippen LogP contribution in [-0.4, -0.2) is 35.6 Å². The zero-order valence-corrected chi connectivity index (χ0v) is 23.9. The van der Waals surface area contributed by atoms with Crippen molar-refractivity contribution in [1.82, 2.24) is 10.2 Å². The van der Waals surface area contributed by atoms with Crippen LogP contribution in [0.25, 0.3) is 0 Å². The van der Waals surface area contributed by atoms with Crippen molar-refractivity contribution in [3.05, 3.63) is 93.5 Å². The molecule has 0 spiro atoms. The van der Waals surface area contributed by atoms with E-state index in [0.717, 1.165) is 42.4 Å². The molecule has 6 nitrogen and oxygen atoms in total. The highest BCUT2D eigenvalue weighted by molar-refractivity contribution is 6.35. The van der Waals surface area contributed by atoms with Gasteiger partial charge in [0.2, 0.25) is 18.6 Å². The van der Waals surface area contributed by atoms with Gasteiger partial charge in [0.05, 0.1) is 0 Å². The van der Waals surface area contributed by atoms with Gasteiger partial charge in [0.15, 0.2) is 11.5 Å². The summed E-state index contributed by atoms with van der Waals surface area (Å²) in [5.74, 6) is 1.14. The molecule has 1 N–H and O–H groups in total. The molecule has 1 aliphatic carbocycles. The van der Waals surface area contributed by atoms with Crippen LogP contribution in [0.5, 0.6) is 11.5 Å². The second kappa shape index (κ2) is 13.4. The standard InChI is InChI=1S/C32H34Cl2N2O4/c33-25-14-13-24(27(34)19-25)20-36(31(37)16-12-23-11-15-29-30(18-23)40-21-39-29)28(17-22-7-3-1-4-8-22)32(38)35-26-9-5-2-6-10-26/h1,3-4,7-8,11,13-15,18-19,26,28H,2,5-6,9-10,12,16-17,20-21H2,(H,35,38)/t28-/m1/s1. The van der Waals surface area contributed by atoms with Gasteiger partial charge in [-0.05, 0) is 60.2 Å². The molecule has 0 saturated heterocycles. The molecule has 0 unspecified atom stereocenters. The molecule has 1 fully saturated rings. The van der Waals surface area contributed by atoms with E-state index in [4.69, 9.17) is 32.7 Å². The van der Waals surface area contributed by atoms with Crippen LogP contribution in [-0.2, 0) is 29.0 Å². The molecule has 8 heteroatoms. The molecule has 5 rings (SSSR count). The first-order chi connectivity index (χ1) is 19.5. The second-order valence-electron chi connectivity index (χ2n) is 10.5. The van der Waals surface area contributed by atoms with Crippen LogP contribution >= 0.6 is 23.2 Å². The molecule has 1 aliphatic heterocycles. The zero-order valence-electron chi connectivity index (χ0n) is 22.4. The third-order valence-corrected chi connectivity index (χ3v) is 8.23. The highest BCUT2D eigenvalue weighted by Gasteiger charge is 2.32. The van der Waals surface area contributed by atoms with E-state index >= 15 is 0 Å². The minimum Gasteiger partial charge on any atom is -0.454 e. The molecule has 1 atom stereocenters. The predicted molar refractivity (Wildman–Crippen MR) is 157 cm³/mol. The molecule has 3 aromatic carbocycles. The number of nitrogens with one attached hydrogen (secondary N) is 1. The Morgan fingerprint density at radius 2 is 1.68 bits per heavy atom. The Kier molecular flexibility index (Phi) is 9.50. The van der Waals surface area contributed by atoms with E-state index in [9.17, 15) is 9.59 Å². The first-order valence-electron chi connectivity index (χ1n) is 13.9. The smallest absolute Gasteiger partial charge is 0.243 e. The number of carbonyl (C=O) groups excluding carboxylic acids is 2. The Labute approximate surface area is 245 Å². The Hall–Kier alpha value is -3.22. The number of rotatable bonds is 10. The van der Waals surface area contributed by atoms with Crippen LogP contribution in [0.2, 0.25) is 10.0 Å². The fourth-order valence-electron chi connectivity index (χ4n) is 5.42. The first-order valence-corrected chi connectivity index (χ1v) is 14.7. The predicted octanol–water partition coefficient (Wildman–Crippen LogP) is 6.74. The number of carbonyl (C=O) groups is 2. The summed E-state index contributed by atoms with van der Waals surface area (Å²) < 4.78 is 10.9. The minimum atomic E-state index is -0.694. The molecule has 210 valence electrons. The maximum atomic E-state index is 14.0. The van der Waals surface area contributed by atoms with Crippen LogP contribution in [0.4, 0.5) is 0 Å². The van der Waals surface area contributed by atoms with Crippen LogP contribution in [0, 0.1) is 0 Å². The molecular weight excluding hydrogens is 547 g/mol. The molecular formula is C32H34Cl2N2O4. The van der Waals surface area contributed by atoms with Crippen molar-refractivity contribution in [3.63, 3.8) is 0 Å². The summed E-state index contributed by atoms with van der Waals surface area (Å²) >= 11 is 12.7. The van der Waals surface area contributed by atoms with Gasteiger partial charge in [-0.2, -0.15) is 0 Å². The van der Waals surface area contributed by atoms with Crippen molar-refractivity contribution in [2.75, 3.05) is 6.79 Å². The van der Waals surface area contributed by atoms with Crippen molar-refractivity contribution < 1.29 is 19.1 Å². The van der Waals surface area contributed by atoms with Gasteiger partial charge in [-0.1, -0.05) is 84.9 Å². The van der Waals surface area contributed by atoms with Crippen molar-refractivity contribution >= 4 is 35.0 Å². The van der Waals surface area contributed by atoms with Crippen LogP contribution in [0.15, 0.2) is 66.7 Å². The summed E-state index contributed by atoms with van der Waals surface area (Å²) in [6.45, 7) is 0.399. The van der Waals surface area contributed by atoms with E-state index in [2.05, 4.69) is 5.32 Å². The van der Waals surface area contributed by atoms with Crippen molar-refractivity contribution in [1.29, 1.82) is 0 Å². The summed E-state index contributed by atoms with van der Waals surface area (Å²) in [6, 6.07) is 20.2. The van der Waals surface area contributed by atoms with Crippen LogP contribution < -0.4 is 14.8 Å². The highest BCUT2D eigenvalue weighted by atomic mass is 35.5.